The van der Waals surface area contributed by atoms with Crippen LogP contribution in [0.25, 0.3) is 0 Å². The molecule has 2 rings (SSSR count). The van der Waals surface area contributed by atoms with Crippen LogP contribution in [0.3, 0.4) is 0 Å². The summed E-state index contributed by atoms with van der Waals surface area (Å²) in [5.74, 6) is 0.429. The average molecular weight is 399 g/mol. The molecular formula is C25H34O4. The number of esters is 1. The van der Waals surface area contributed by atoms with E-state index in [1.165, 1.54) is 5.56 Å². The molecule has 0 fully saturated rings. The Bertz CT molecular complexity index is 789. The fourth-order valence-corrected chi connectivity index (χ4v) is 3.70. The van der Waals surface area contributed by atoms with Crippen molar-refractivity contribution in [3.05, 3.63) is 59.7 Å². The lowest BCUT2D eigenvalue weighted by Crippen LogP contribution is -2.28. The quantitative estimate of drug-likeness (QED) is 0.525. The predicted octanol–water partition coefficient (Wildman–Crippen LogP) is 6.13. The van der Waals surface area contributed by atoms with E-state index in [4.69, 9.17) is 4.74 Å². The van der Waals surface area contributed by atoms with Crippen LogP contribution in [-0.2, 0) is 9.53 Å². The highest BCUT2D eigenvalue weighted by Gasteiger charge is 2.27. The summed E-state index contributed by atoms with van der Waals surface area (Å²) in [6, 6.07) is 14.6. The summed E-state index contributed by atoms with van der Waals surface area (Å²) in [7, 11) is 0. The minimum absolute atomic E-state index is 0.100. The van der Waals surface area contributed by atoms with Crippen molar-refractivity contribution >= 4 is 5.97 Å². The first-order valence-electron chi connectivity index (χ1n) is 10.4. The van der Waals surface area contributed by atoms with Gasteiger partial charge < -0.3 is 14.9 Å². The standard InChI is InChI=1S/C25H34O4/c1-6-18(19-10-12-22(26)13-11-19)15-21(20-8-7-9-23(27)16-20)14-17(2)24(28)29-25(3,4)5/h7-13,16-18,21,26-27H,6,14-15H2,1-5H3. The summed E-state index contributed by atoms with van der Waals surface area (Å²) < 4.78 is 5.57. The predicted molar refractivity (Wildman–Crippen MR) is 116 cm³/mol. The number of phenolic OH excluding ortho intramolecular Hbond substituents is 2. The van der Waals surface area contributed by atoms with Crippen LogP contribution in [0.4, 0.5) is 0 Å². The van der Waals surface area contributed by atoms with Gasteiger partial charge in [-0.05, 0) is 87.3 Å². The first kappa shape index (κ1) is 22.8. The molecule has 0 bridgehead atoms. The average Bonchev–Trinajstić information content (AvgIpc) is 2.64. The fraction of sp³-hybridized carbons (Fsp3) is 0.480. The van der Waals surface area contributed by atoms with Gasteiger partial charge in [0, 0.05) is 0 Å². The molecule has 3 atom stereocenters. The van der Waals surface area contributed by atoms with E-state index < -0.39 is 5.60 Å². The second-order valence-electron chi connectivity index (χ2n) is 8.89. The Morgan fingerprint density at radius 1 is 0.931 bits per heavy atom. The summed E-state index contributed by atoms with van der Waals surface area (Å²) in [5, 5.41) is 19.6. The van der Waals surface area contributed by atoms with E-state index in [-0.39, 0.29) is 35.2 Å². The van der Waals surface area contributed by atoms with Gasteiger partial charge in [0.2, 0.25) is 0 Å². The molecule has 0 heterocycles. The van der Waals surface area contributed by atoms with Gasteiger partial charge in [-0.1, -0.05) is 38.1 Å². The molecule has 4 nitrogen and oxygen atoms in total. The van der Waals surface area contributed by atoms with E-state index in [2.05, 4.69) is 6.92 Å². The lowest BCUT2D eigenvalue weighted by molar-refractivity contribution is -0.159. The molecule has 0 radical (unpaired) electrons. The number of hydrogen-bond donors (Lipinski definition) is 2. The van der Waals surface area contributed by atoms with Crippen molar-refractivity contribution in [1.29, 1.82) is 0 Å². The van der Waals surface area contributed by atoms with Gasteiger partial charge in [0.05, 0.1) is 5.92 Å². The molecule has 0 aliphatic heterocycles. The molecule has 0 aromatic heterocycles. The Morgan fingerprint density at radius 3 is 2.14 bits per heavy atom. The van der Waals surface area contributed by atoms with Crippen LogP contribution in [0, 0.1) is 5.92 Å². The number of benzene rings is 2. The van der Waals surface area contributed by atoms with E-state index in [9.17, 15) is 15.0 Å². The molecule has 2 aromatic rings. The molecule has 29 heavy (non-hydrogen) atoms. The molecule has 4 heteroatoms. The number of ether oxygens (including phenoxy) is 1. The first-order valence-corrected chi connectivity index (χ1v) is 10.4. The maximum atomic E-state index is 12.6. The Balaban J connectivity index is 2.25. The third-order valence-corrected chi connectivity index (χ3v) is 5.22. The van der Waals surface area contributed by atoms with Crippen molar-refractivity contribution < 1.29 is 19.7 Å². The molecule has 3 unspecified atom stereocenters. The largest absolute Gasteiger partial charge is 0.508 e. The third kappa shape index (κ3) is 7.12. The molecule has 0 aliphatic carbocycles. The van der Waals surface area contributed by atoms with Gasteiger partial charge in [0.15, 0.2) is 0 Å². The normalized spacial score (nSPS) is 14.8. The summed E-state index contributed by atoms with van der Waals surface area (Å²) >= 11 is 0. The number of aromatic hydroxyl groups is 2. The molecule has 0 spiro atoms. The lowest BCUT2D eigenvalue weighted by atomic mass is 9.79. The van der Waals surface area contributed by atoms with Gasteiger partial charge >= 0.3 is 5.97 Å². The van der Waals surface area contributed by atoms with Crippen LogP contribution in [-0.4, -0.2) is 21.8 Å². The Kier molecular flexibility index (Phi) is 7.72. The molecular weight excluding hydrogens is 364 g/mol. The van der Waals surface area contributed by atoms with E-state index >= 15 is 0 Å². The van der Waals surface area contributed by atoms with Crippen molar-refractivity contribution in [3.63, 3.8) is 0 Å². The number of rotatable bonds is 8. The second-order valence-corrected chi connectivity index (χ2v) is 8.89. The molecule has 0 amide bonds. The van der Waals surface area contributed by atoms with Gasteiger partial charge in [0.25, 0.3) is 0 Å². The van der Waals surface area contributed by atoms with Crippen molar-refractivity contribution in [2.75, 3.05) is 0 Å². The highest BCUT2D eigenvalue weighted by molar-refractivity contribution is 5.72. The van der Waals surface area contributed by atoms with E-state index in [0.29, 0.717) is 6.42 Å². The summed E-state index contributed by atoms with van der Waals surface area (Å²) in [6.07, 6.45) is 2.44. The van der Waals surface area contributed by atoms with Crippen molar-refractivity contribution in [1.82, 2.24) is 0 Å². The van der Waals surface area contributed by atoms with E-state index in [0.717, 1.165) is 18.4 Å². The second kappa shape index (κ2) is 9.82. The number of phenols is 2. The monoisotopic (exact) mass is 398 g/mol. The van der Waals surface area contributed by atoms with Crippen LogP contribution in [0.5, 0.6) is 11.5 Å². The maximum absolute atomic E-state index is 12.6. The van der Waals surface area contributed by atoms with Crippen LogP contribution in [0.2, 0.25) is 0 Å². The minimum Gasteiger partial charge on any atom is -0.508 e. The lowest BCUT2D eigenvalue weighted by Gasteiger charge is -2.27. The highest BCUT2D eigenvalue weighted by atomic mass is 16.6. The van der Waals surface area contributed by atoms with Gasteiger partial charge in [-0.15, -0.1) is 0 Å². The van der Waals surface area contributed by atoms with Crippen LogP contribution in [0.15, 0.2) is 48.5 Å². The third-order valence-electron chi connectivity index (χ3n) is 5.22. The number of carbonyl (C=O) groups excluding carboxylic acids is 1. The molecule has 0 aliphatic rings. The zero-order valence-corrected chi connectivity index (χ0v) is 18.2. The zero-order chi connectivity index (χ0) is 21.6. The molecule has 2 aromatic carbocycles. The molecule has 0 saturated carbocycles. The first-order chi connectivity index (χ1) is 13.6. The topological polar surface area (TPSA) is 66.8 Å². The molecule has 2 N–H and O–H groups in total. The summed E-state index contributed by atoms with van der Waals surface area (Å²) in [4.78, 5) is 12.6. The van der Waals surface area contributed by atoms with Crippen molar-refractivity contribution in [2.24, 2.45) is 5.92 Å². The van der Waals surface area contributed by atoms with Gasteiger partial charge in [-0.25, -0.2) is 0 Å². The Labute approximate surface area is 174 Å². The van der Waals surface area contributed by atoms with Crippen LogP contribution < -0.4 is 0 Å². The SMILES string of the molecule is CCC(CC(CC(C)C(=O)OC(C)(C)C)c1cccc(O)c1)c1ccc(O)cc1. The highest BCUT2D eigenvalue weighted by Crippen LogP contribution is 2.37. The molecule has 0 saturated heterocycles. The number of carbonyl (C=O) groups is 1. The van der Waals surface area contributed by atoms with Crippen LogP contribution in [0.1, 0.15) is 76.8 Å². The van der Waals surface area contributed by atoms with Crippen molar-refractivity contribution in [2.45, 2.75) is 71.3 Å². The summed E-state index contributed by atoms with van der Waals surface area (Å²) in [6.45, 7) is 9.69. The van der Waals surface area contributed by atoms with E-state index in [1.807, 2.05) is 52.0 Å². The van der Waals surface area contributed by atoms with Gasteiger partial charge in [-0.2, -0.15) is 0 Å². The number of hydrogen-bond acceptors (Lipinski definition) is 4. The van der Waals surface area contributed by atoms with E-state index in [1.54, 1.807) is 24.3 Å². The summed E-state index contributed by atoms with van der Waals surface area (Å²) in [5.41, 5.74) is 1.68. The Hall–Kier alpha value is -2.49. The maximum Gasteiger partial charge on any atom is 0.309 e. The smallest absolute Gasteiger partial charge is 0.309 e. The van der Waals surface area contributed by atoms with Gasteiger partial charge in [-0.3, -0.25) is 4.79 Å². The minimum atomic E-state index is -0.510. The Morgan fingerprint density at radius 2 is 1.59 bits per heavy atom. The van der Waals surface area contributed by atoms with Crippen molar-refractivity contribution in [3.8, 4) is 11.5 Å². The molecule has 158 valence electrons. The van der Waals surface area contributed by atoms with Gasteiger partial charge in [0.1, 0.15) is 17.1 Å². The fourth-order valence-electron chi connectivity index (χ4n) is 3.70. The van der Waals surface area contributed by atoms with Crippen LogP contribution >= 0.6 is 0 Å². The zero-order valence-electron chi connectivity index (χ0n) is 18.2.